The Morgan fingerprint density at radius 2 is 1.83 bits per heavy atom. The highest BCUT2D eigenvalue weighted by atomic mass is 19.1. The Balaban J connectivity index is 2.06. The van der Waals surface area contributed by atoms with Crippen molar-refractivity contribution in [1.29, 1.82) is 0 Å². The molecule has 290 valence electrons. The zero-order chi connectivity index (χ0) is 39.2. The molecule has 2 bridgehead atoms. The minimum Gasteiger partial charge on any atom is -0.508 e. The summed E-state index contributed by atoms with van der Waals surface area (Å²) in [4.78, 5) is 78.1. The number of nitrogens with one attached hydrogen (secondary N) is 3. The van der Waals surface area contributed by atoms with Crippen molar-refractivity contribution in [2.45, 2.75) is 103 Å². The lowest BCUT2D eigenvalue weighted by Gasteiger charge is -2.36. The number of Topliss-reactive ketones (excluding diaryl/α,β-unsaturated/α-hetero) is 1. The molecule has 6 N–H and O–H groups in total. The predicted octanol–water partition coefficient (Wildman–Crippen LogP) is 1.72. The summed E-state index contributed by atoms with van der Waals surface area (Å²) in [7, 11) is 0. The van der Waals surface area contributed by atoms with Crippen molar-refractivity contribution < 1.29 is 53.2 Å². The van der Waals surface area contributed by atoms with E-state index in [0.29, 0.717) is 19.1 Å². The average Bonchev–Trinajstić information content (AvgIpc) is 3.10. The molecule has 1 saturated heterocycles. The Kier molecular flexibility index (Phi) is 16.5. The van der Waals surface area contributed by atoms with Crippen LogP contribution in [0.1, 0.15) is 65.4 Å². The van der Waals surface area contributed by atoms with Gasteiger partial charge in [-0.05, 0) is 62.0 Å². The van der Waals surface area contributed by atoms with E-state index in [0.717, 1.165) is 17.1 Å². The number of hydrogen-bond acceptors (Lipinski definition) is 11. The van der Waals surface area contributed by atoms with Crippen molar-refractivity contribution in [2.75, 3.05) is 6.54 Å². The van der Waals surface area contributed by atoms with Gasteiger partial charge in [0.2, 0.25) is 11.8 Å². The average molecular weight is 743 g/mol. The number of phenolic OH excluding ortho intramolecular Hbond substituents is 1. The van der Waals surface area contributed by atoms with E-state index in [4.69, 9.17) is 4.74 Å². The number of esters is 1. The maximum absolute atomic E-state index is 14.3. The lowest BCUT2D eigenvalue weighted by Crippen LogP contribution is -2.62. The van der Waals surface area contributed by atoms with Gasteiger partial charge in [-0.2, -0.15) is 0 Å². The number of benzene rings is 1. The number of halogens is 1. The van der Waals surface area contributed by atoms with Crippen LogP contribution in [-0.2, 0) is 39.9 Å². The second kappa shape index (κ2) is 20.5. The van der Waals surface area contributed by atoms with Crippen LogP contribution in [0.15, 0.2) is 54.7 Å². The minimum absolute atomic E-state index is 0.0553. The standard InChI is InChI=1S/C38H51FN4O10/c1-22(2)33-36(50)40-31(20-25-18-26(39)21-27(46)19-25)37(51)43-16-8-12-30(42-43)38(52)53-28(11-9-17-44)10-6-5-7-13-32(47)24(4)34(48)29(35(49)41-33)15-14-23(3)45/h5-7,9,11,13,17-19,21-22,24,28-34,42,46-48H,8,10,12,14-16,20H2,1-4H3,(H,40,50)(H,41,49)/b6-5+,11-9+,13-7+/t24-,28-,29+,30?,31-,32-,33-,34+/m0/s1. The number of amides is 3. The highest BCUT2D eigenvalue weighted by Gasteiger charge is 2.38. The fourth-order valence-electron chi connectivity index (χ4n) is 6.14. The van der Waals surface area contributed by atoms with E-state index in [9.17, 15) is 48.5 Å². The van der Waals surface area contributed by atoms with Gasteiger partial charge in [0, 0.05) is 37.8 Å². The molecule has 3 amide bonds. The summed E-state index contributed by atoms with van der Waals surface area (Å²) in [6, 6.07) is -0.384. The van der Waals surface area contributed by atoms with E-state index in [2.05, 4.69) is 16.1 Å². The Labute approximate surface area is 308 Å². The van der Waals surface area contributed by atoms with Gasteiger partial charge in [-0.25, -0.2) is 9.82 Å². The molecule has 1 unspecified atom stereocenters. The van der Waals surface area contributed by atoms with Gasteiger partial charge in [0.25, 0.3) is 5.91 Å². The van der Waals surface area contributed by atoms with E-state index in [1.54, 1.807) is 26.0 Å². The second-order valence-corrected chi connectivity index (χ2v) is 13.9. The summed E-state index contributed by atoms with van der Waals surface area (Å²) in [5.74, 6) is -6.99. The Hall–Kier alpha value is -4.73. The van der Waals surface area contributed by atoms with Crippen molar-refractivity contribution in [3.8, 4) is 5.75 Å². The van der Waals surface area contributed by atoms with Crippen molar-refractivity contribution in [3.63, 3.8) is 0 Å². The van der Waals surface area contributed by atoms with Crippen LogP contribution in [0.25, 0.3) is 0 Å². The Morgan fingerprint density at radius 3 is 2.49 bits per heavy atom. The number of hydrogen-bond donors (Lipinski definition) is 6. The van der Waals surface area contributed by atoms with E-state index in [1.807, 2.05) is 0 Å². The molecule has 1 aromatic carbocycles. The summed E-state index contributed by atoms with van der Waals surface area (Å²) in [6.07, 6.45) is 6.10. The van der Waals surface area contributed by atoms with Crippen LogP contribution < -0.4 is 16.1 Å². The van der Waals surface area contributed by atoms with Crippen LogP contribution >= 0.6 is 0 Å². The quantitative estimate of drug-likeness (QED) is 0.128. The smallest absolute Gasteiger partial charge is 0.325 e. The second-order valence-electron chi connectivity index (χ2n) is 13.9. The van der Waals surface area contributed by atoms with Gasteiger partial charge in [0.15, 0.2) is 0 Å². The van der Waals surface area contributed by atoms with Crippen LogP contribution in [0.5, 0.6) is 5.75 Å². The first-order chi connectivity index (χ1) is 25.1. The zero-order valence-electron chi connectivity index (χ0n) is 30.4. The number of hydrazine groups is 1. The molecule has 1 aromatic rings. The zero-order valence-corrected chi connectivity index (χ0v) is 30.4. The molecule has 0 aliphatic carbocycles. The molecule has 53 heavy (non-hydrogen) atoms. The lowest BCUT2D eigenvalue weighted by molar-refractivity contribution is -0.155. The number of allylic oxidation sites excluding steroid dienone is 3. The van der Waals surface area contributed by atoms with Crippen LogP contribution in [0, 0.1) is 23.6 Å². The third-order valence-electron chi connectivity index (χ3n) is 9.21. The monoisotopic (exact) mass is 742 g/mol. The molecule has 0 radical (unpaired) electrons. The summed E-state index contributed by atoms with van der Waals surface area (Å²) in [5.41, 5.74) is 3.04. The summed E-state index contributed by atoms with van der Waals surface area (Å²) >= 11 is 0. The van der Waals surface area contributed by atoms with E-state index in [1.165, 1.54) is 44.2 Å². The molecule has 3 rings (SSSR count). The maximum Gasteiger partial charge on any atom is 0.325 e. The van der Waals surface area contributed by atoms with Crippen LogP contribution in [-0.4, -0.2) is 99.1 Å². The number of phenols is 1. The molecule has 8 atom stereocenters. The van der Waals surface area contributed by atoms with Gasteiger partial charge in [0.05, 0.1) is 18.1 Å². The molecule has 0 aromatic heterocycles. The third-order valence-corrected chi connectivity index (χ3v) is 9.21. The number of aliphatic hydroxyl groups is 2. The van der Waals surface area contributed by atoms with Gasteiger partial charge in [-0.3, -0.25) is 29.0 Å². The largest absolute Gasteiger partial charge is 0.508 e. The summed E-state index contributed by atoms with van der Waals surface area (Å²) < 4.78 is 20.0. The van der Waals surface area contributed by atoms with Gasteiger partial charge in [-0.15, -0.1) is 0 Å². The van der Waals surface area contributed by atoms with Crippen LogP contribution in [0.4, 0.5) is 4.39 Å². The van der Waals surface area contributed by atoms with Gasteiger partial charge < -0.3 is 35.5 Å². The van der Waals surface area contributed by atoms with E-state index >= 15 is 0 Å². The molecular weight excluding hydrogens is 691 g/mol. The number of carbonyl (C=O) groups is 6. The first-order valence-corrected chi connectivity index (χ1v) is 17.8. The SMILES string of the molecule is CC(=O)CC[C@H]1C(=O)N[C@@H](C(C)C)C(=O)N[C@@H](Cc2cc(O)cc(F)c2)C(=O)N2CCCC(N2)C(=O)O[C@H](/C=C/C=O)C/C=C/C=C/[C@H](O)[C@H](C)[C@H]1O. The number of carbonyl (C=O) groups excluding carboxylic acids is 6. The summed E-state index contributed by atoms with van der Waals surface area (Å²) in [6.45, 7) is 6.32. The number of cyclic esters (lactones) is 1. The third kappa shape index (κ3) is 13.0. The molecule has 2 aliphatic rings. The number of ether oxygens (including phenoxy) is 1. The van der Waals surface area contributed by atoms with Crippen molar-refractivity contribution >= 4 is 35.8 Å². The van der Waals surface area contributed by atoms with E-state index in [-0.39, 0.29) is 43.6 Å². The Bertz CT molecular complexity index is 1540. The fourth-order valence-corrected chi connectivity index (χ4v) is 6.14. The first-order valence-electron chi connectivity index (χ1n) is 17.8. The van der Waals surface area contributed by atoms with Crippen LogP contribution in [0.2, 0.25) is 0 Å². The summed E-state index contributed by atoms with van der Waals surface area (Å²) in [5, 5.41) is 38.7. The molecule has 0 saturated carbocycles. The molecule has 14 nitrogen and oxygen atoms in total. The molecule has 0 spiro atoms. The maximum atomic E-state index is 14.3. The number of aliphatic hydroxyl groups excluding tert-OH is 2. The molecular formula is C38H51FN4O10. The number of aromatic hydroxyl groups is 1. The van der Waals surface area contributed by atoms with E-state index < -0.39 is 89.4 Å². The normalized spacial score (nSPS) is 29.7. The number of fused-ring (bicyclic) bond motifs is 2. The topological polar surface area (TPSA) is 212 Å². The lowest BCUT2D eigenvalue weighted by atomic mass is 9.84. The van der Waals surface area contributed by atoms with Gasteiger partial charge in [-0.1, -0.05) is 45.1 Å². The number of aldehydes is 1. The number of nitrogens with zero attached hydrogens (tertiary/aromatic N) is 1. The predicted molar refractivity (Wildman–Crippen MR) is 191 cm³/mol. The highest BCUT2D eigenvalue weighted by molar-refractivity contribution is 5.93. The van der Waals surface area contributed by atoms with Crippen molar-refractivity contribution in [1.82, 2.24) is 21.1 Å². The minimum atomic E-state index is -1.45. The molecule has 1 fully saturated rings. The van der Waals surface area contributed by atoms with Gasteiger partial charge in [0.1, 0.15) is 47.9 Å². The first kappa shape index (κ1) is 42.7. The highest BCUT2D eigenvalue weighted by Crippen LogP contribution is 2.24. The number of rotatable bonds is 8. The van der Waals surface area contributed by atoms with Crippen LogP contribution in [0.3, 0.4) is 0 Å². The Morgan fingerprint density at radius 1 is 1.09 bits per heavy atom. The van der Waals surface area contributed by atoms with Crippen molar-refractivity contribution in [3.05, 3.63) is 66.0 Å². The molecule has 2 aliphatic heterocycles. The van der Waals surface area contributed by atoms with Crippen molar-refractivity contribution in [2.24, 2.45) is 17.8 Å². The molecule has 2 heterocycles. The number of ketones is 1. The molecule has 15 heteroatoms. The fraction of sp³-hybridized carbons (Fsp3) is 0.526. The van der Waals surface area contributed by atoms with Gasteiger partial charge >= 0.3 is 5.97 Å².